The van der Waals surface area contributed by atoms with Crippen LogP contribution < -0.4 is 5.32 Å². The summed E-state index contributed by atoms with van der Waals surface area (Å²) in [5.41, 5.74) is 4.19. The molecule has 0 unspecified atom stereocenters. The van der Waals surface area contributed by atoms with Gasteiger partial charge < -0.3 is 14.6 Å². The second kappa shape index (κ2) is 11.3. The molecule has 198 valence electrons. The van der Waals surface area contributed by atoms with Crippen molar-refractivity contribution < 1.29 is 18.7 Å². The van der Waals surface area contributed by atoms with E-state index in [9.17, 15) is 19.2 Å². The Balaban J connectivity index is 1.52. The number of carbonyl (C=O) groups is 2. The molecular weight excluding hydrogens is 513 g/mol. The van der Waals surface area contributed by atoms with Gasteiger partial charge in [-0.3, -0.25) is 4.79 Å². The van der Waals surface area contributed by atoms with Crippen LogP contribution in [0.5, 0.6) is 0 Å². The van der Waals surface area contributed by atoms with E-state index >= 15 is 0 Å². The highest BCUT2D eigenvalue weighted by Gasteiger charge is 2.28. The van der Waals surface area contributed by atoms with Crippen LogP contribution in [-0.4, -0.2) is 23.1 Å². The number of amides is 1. The molecule has 0 bridgehead atoms. The maximum Gasteiger partial charge on any atom is 0.341 e. The molecule has 0 atom stereocenters. The number of ether oxygens (including phenoxy) is 1. The van der Waals surface area contributed by atoms with E-state index in [1.807, 2.05) is 41.8 Å². The highest BCUT2D eigenvalue weighted by atomic mass is 32.1. The second-order valence-electron chi connectivity index (χ2n) is 9.45. The molecule has 8 heteroatoms. The number of aromatic nitrogens is 1. The predicted octanol–water partition coefficient (Wildman–Crippen LogP) is 6.80. The first-order chi connectivity index (χ1) is 18.9. The van der Waals surface area contributed by atoms with Crippen molar-refractivity contribution in [3.63, 3.8) is 0 Å². The summed E-state index contributed by atoms with van der Waals surface area (Å²) in [5, 5.41) is 14.1. The number of halogens is 1. The molecule has 6 nitrogen and oxygen atoms in total. The van der Waals surface area contributed by atoms with Gasteiger partial charge in [0.15, 0.2) is 0 Å². The van der Waals surface area contributed by atoms with Gasteiger partial charge in [-0.2, -0.15) is 5.26 Å². The number of nitrogens with zero attached hydrogens (tertiary/aromatic N) is 2. The summed E-state index contributed by atoms with van der Waals surface area (Å²) in [7, 11) is 0. The minimum atomic E-state index is -0.591. The molecule has 0 radical (unpaired) electrons. The quantitative estimate of drug-likeness (QED) is 0.158. The van der Waals surface area contributed by atoms with Gasteiger partial charge in [-0.1, -0.05) is 36.4 Å². The molecule has 1 N–H and O–H groups in total. The Hall–Kier alpha value is -4.22. The van der Waals surface area contributed by atoms with Crippen molar-refractivity contribution in [1.82, 2.24) is 4.57 Å². The average molecular weight is 542 g/mol. The minimum absolute atomic E-state index is 0.0897. The number of rotatable bonds is 7. The zero-order chi connectivity index (χ0) is 27.5. The normalized spacial score (nSPS) is 13.1. The Labute approximate surface area is 230 Å². The summed E-state index contributed by atoms with van der Waals surface area (Å²) < 4.78 is 21.7. The van der Waals surface area contributed by atoms with Crippen LogP contribution in [0.15, 0.2) is 54.1 Å². The number of nitriles is 1. The van der Waals surface area contributed by atoms with Crippen molar-refractivity contribution >= 4 is 45.2 Å². The minimum Gasteiger partial charge on any atom is -0.462 e. The number of aryl methyl sites for hydroxylation is 1. The average Bonchev–Trinajstić information content (AvgIpc) is 3.43. The van der Waals surface area contributed by atoms with E-state index in [1.54, 1.807) is 31.2 Å². The van der Waals surface area contributed by atoms with Crippen LogP contribution in [0.2, 0.25) is 0 Å². The Morgan fingerprint density at radius 1 is 1.15 bits per heavy atom. The summed E-state index contributed by atoms with van der Waals surface area (Å²) in [6, 6.07) is 16.3. The molecule has 0 saturated heterocycles. The molecule has 39 heavy (non-hydrogen) atoms. The van der Waals surface area contributed by atoms with Crippen molar-refractivity contribution in [3.8, 4) is 6.07 Å². The lowest BCUT2D eigenvalue weighted by molar-refractivity contribution is -0.112. The molecule has 2 heterocycles. The first-order valence-electron chi connectivity index (χ1n) is 13.0. The number of esters is 1. The van der Waals surface area contributed by atoms with E-state index in [1.165, 1.54) is 17.4 Å². The Morgan fingerprint density at radius 3 is 2.67 bits per heavy atom. The largest absolute Gasteiger partial charge is 0.462 e. The zero-order valence-corrected chi connectivity index (χ0v) is 22.7. The Morgan fingerprint density at radius 2 is 1.90 bits per heavy atom. The summed E-state index contributed by atoms with van der Waals surface area (Å²) >= 11 is 1.38. The number of hydrogen-bond donors (Lipinski definition) is 1. The van der Waals surface area contributed by atoms with E-state index in [0.29, 0.717) is 28.2 Å². The zero-order valence-electron chi connectivity index (χ0n) is 21.8. The molecule has 5 rings (SSSR count). The van der Waals surface area contributed by atoms with Crippen LogP contribution in [0.3, 0.4) is 0 Å². The number of anilines is 1. The molecule has 0 saturated carbocycles. The van der Waals surface area contributed by atoms with Crippen molar-refractivity contribution in [2.45, 2.75) is 46.1 Å². The van der Waals surface area contributed by atoms with Gasteiger partial charge in [0, 0.05) is 32.6 Å². The molecule has 1 amide bonds. The maximum atomic E-state index is 14.5. The van der Waals surface area contributed by atoms with Gasteiger partial charge in [-0.25, -0.2) is 9.18 Å². The molecule has 1 aliphatic rings. The summed E-state index contributed by atoms with van der Waals surface area (Å²) in [6.45, 7) is 4.18. The lowest BCUT2D eigenvalue weighted by Crippen LogP contribution is -2.16. The fourth-order valence-electron chi connectivity index (χ4n) is 5.18. The predicted molar refractivity (Wildman–Crippen MR) is 151 cm³/mol. The van der Waals surface area contributed by atoms with E-state index in [-0.39, 0.29) is 18.0 Å². The number of nitrogens with one attached hydrogen (secondary N) is 1. The van der Waals surface area contributed by atoms with Crippen molar-refractivity contribution in [1.29, 1.82) is 5.26 Å². The van der Waals surface area contributed by atoms with Crippen LogP contribution in [0, 0.1) is 24.1 Å². The lowest BCUT2D eigenvalue weighted by atomic mass is 9.95. The third-order valence-corrected chi connectivity index (χ3v) is 8.30. The highest BCUT2D eigenvalue weighted by Crippen LogP contribution is 2.39. The van der Waals surface area contributed by atoms with Crippen molar-refractivity contribution in [3.05, 3.63) is 92.7 Å². The number of benzene rings is 2. The van der Waals surface area contributed by atoms with E-state index < -0.39 is 11.9 Å². The van der Waals surface area contributed by atoms with Gasteiger partial charge in [0.1, 0.15) is 22.5 Å². The molecular formula is C31H28FN3O3S. The smallest absolute Gasteiger partial charge is 0.341 e. The third kappa shape index (κ3) is 5.10. The molecule has 2 aromatic carbocycles. The van der Waals surface area contributed by atoms with E-state index in [4.69, 9.17) is 4.74 Å². The van der Waals surface area contributed by atoms with Crippen molar-refractivity contribution in [2.24, 2.45) is 0 Å². The molecule has 2 aromatic heterocycles. The number of carbonyl (C=O) groups excluding carboxylic acids is 2. The fourth-order valence-corrected chi connectivity index (χ4v) is 6.45. The summed E-state index contributed by atoms with van der Waals surface area (Å²) in [5.74, 6) is -1.34. The van der Waals surface area contributed by atoms with Gasteiger partial charge in [-0.15, -0.1) is 11.3 Å². The van der Waals surface area contributed by atoms with Gasteiger partial charge in [-0.05, 0) is 63.3 Å². The van der Waals surface area contributed by atoms with E-state index in [0.717, 1.165) is 52.7 Å². The van der Waals surface area contributed by atoms with E-state index in [2.05, 4.69) is 5.32 Å². The first-order valence-corrected chi connectivity index (χ1v) is 13.8. The monoisotopic (exact) mass is 541 g/mol. The summed E-state index contributed by atoms with van der Waals surface area (Å²) in [6.07, 6.45) is 5.19. The highest BCUT2D eigenvalue weighted by molar-refractivity contribution is 7.17. The van der Waals surface area contributed by atoms with Gasteiger partial charge >= 0.3 is 5.97 Å². The molecule has 0 fully saturated rings. The molecule has 0 aliphatic heterocycles. The fraction of sp³-hybridized carbons (Fsp3) is 0.258. The Bertz CT molecular complexity index is 1660. The van der Waals surface area contributed by atoms with Crippen LogP contribution in [0.1, 0.15) is 57.4 Å². The first kappa shape index (κ1) is 26.4. The molecule has 1 aliphatic carbocycles. The van der Waals surface area contributed by atoms with Crippen LogP contribution in [-0.2, 0) is 28.9 Å². The molecule has 0 spiro atoms. The standard InChI is InChI=1S/C31H28FN3O3S/c1-3-38-31(37)28-23-12-6-9-15-27(23)39-30(28)34-29(36)21(17-33)16-24-19(2)35(26-14-8-5-11-22(24)26)18-20-10-4-7-13-25(20)32/h4-5,7-8,10-11,13-14,16H,3,6,9,12,15,18H2,1-2H3,(H,34,36). The van der Waals surface area contributed by atoms with Gasteiger partial charge in [0.05, 0.1) is 18.7 Å². The maximum absolute atomic E-state index is 14.5. The van der Waals surface area contributed by atoms with Crippen LogP contribution in [0.4, 0.5) is 9.39 Å². The van der Waals surface area contributed by atoms with Crippen molar-refractivity contribution in [2.75, 3.05) is 11.9 Å². The third-order valence-electron chi connectivity index (χ3n) is 7.10. The number of hydrogen-bond acceptors (Lipinski definition) is 5. The number of fused-ring (bicyclic) bond motifs is 2. The number of thiophene rings is 1. The van der Waals surface area contributed by atoms with Gasteiger partial charge in [0.25, 0.3) is 5.91 Å². The van der Waals surface area contributed by atoms with Crippen LogP contribution >= 0.6 is 11.3 Å². The van der Waals surface area contributed by atoms with Gasteiger partial charge in [0.2, 0.25) is 0 Å². The lowest BCUT2D eigenvalue weighted by Gasteiger charge is -2.12. The molecule has 4 aromatic rings. The topological polar surface area (TPSA) is 84.1 Å². The number of para-hydroxylation sites is 1. The summed E-state index contributed by atoms with van der Waals surface area (Å²) in [4.78, 5) is 27.3. The second-order valence-corrected chi connectivity index (χ2v) is 10.6. The SMILES string of the molecule is CCOC(=O)c1c(NC(=O)C(C#N)=Cc2c(C)n(Cc3ccccc3F)c3ccccc23)sc2c1CCCC2. The Kier molecular flexibility index (Phi) is 7.62. The van der Waals surface area contributed by atoms with Crippen LogP contribution in [0.25, 0.3) is 17.0 Å².